The molecule has 1 fully saturated rings. The number of pyridine rings is 1. The lowest BCUT2D eigenvalue weighted by molar-refractivity contribution is -0.137. The van der Waals surface area contributed by atoms with Gasteiger partial charge in [0.15, 0.2) is 5.78 Å². The first-order valence-corrected chi connectivity index (χ1v) is 8.00. The molecule has 4 nitrogen and oxygen atoms in total. The van der Waals surface area contributed by atoms with Gasteiger partial charge in [-0.2, -0.15) is 13.2 Å². The summed E-state index contributed by atoms with van der Waals surface area (Å²) >= 11 is 0. The molecule has 0 N–H and O–H groups in total. The molecule has 1 aromatic carbocycles. The summed E-state index contributed by atoms with van der Waals surface area (Å²) in [5.74, 6) is -0.855. The Kier molecular flexibility index (Phi) is 4.84. The molecular formula is C18H16F4N2O2. The van der Waals surface area contributed by atoms with Crippen LogP contribution in [0.3, 0.4) is 0 Å². The highest BCUT2D eigenvalue weighted by molar-refractivity contribution is 6.00. The second-order valence-corrected chi connectivity index (χ2v) is 6.05. The largest absolute Gasteiger partial charge is 0.472 e. The third-order valence-electron chi connectivity index (χ3n) is 4.18. The van der Waals surface area contributed by atoms with E-state index in [-0.39, 0.29) is 23.3 Å². The van der Waals surface area contributed by atoms with E-state index in [0.717, 1.165) is 12.3 Å². The summed E-state index contributed by atoms with van der Waals surface area (Å²) in [6, 6.07) is 6.52. The second-order valence-electron chi connectivity index (χ2n) is 6.05. The molecular weight excluding hydrogens is 352 g/mol. The van der Waals surface area contributed by atoms with E-state index in [1.54, 1.807) is 6.07 Å². The van der Waals surface area contributed by atoms with Gasteiger partial charge in [0.2, 0.25) is 5.88 Å². The monoisotopic (exact) mass is 368 g/mol. The molecule has 0 aliphatic carbocycles. The molecule has 0 bridgehead atoms. The summed E-state index contributed by atoms with van der Waals surface area (Å²) in [6.07, 6.45) is -3.46. The third-order valence-corrected chi connectivity index (χ3v) is 4.18. The molecule has 0 spiro atoms. The van der Waals surface area contributed by atoms with E-state index in [1.807, 2.05) is 4.90 Å². The van der Waals surface area contributed by atoms with E-state index in [9.17, 15) is 22.4 Å². The minimum absolute atomic E-state index is 0.0285. The van der Waals surface area contributed by atoms with Crippen molar-refractivity contribution in [3.63, 3.8) is 0 Å². The number of halogens is 4. The Bertz CT molecular complexity index is 806. The van der Waals surface area contributed by atoms with Crippen LogP contribution in [0.1, 0.15) is 29.3 Å². The first-order chi connectivity index (χ1) is 12.3. The molecule has 26 heavy (non-hydrogen) atoms. The fraction of sp³-hybridized carbons (Fsp3) is 0.333. The van der Waals surface area contributed by atoms with Crippen LogP contribution in [0, 0.1) is 5.82 Å². The van der Waals surface area contributed by atoms with Crippen molar-refractivity contribution in [1.82, 2.24) is 4.98 Å². The number of Topliss-reactive ketones (excluding diaryl/α,β-unsaturated/α-hetero) is 1. The van der Waals surface area contributed by atoms with Gasteiger partial charge in [0.25, 0.3) is 0 Å². The van der Waals surface area contributed by atoms with Crippen LogP contribution in [0.15, 0.2) is 36.5 Å². The number of hydrogen-bond donors (Lipinski definition) is 0. The molecule has 0 amide bonds. The number of carbonyl (C=O) groups excluding carboxylic acids is 1. The zero-order chi connectivity index (χ0) is 18.9. The molecule has 1 unspecified atom stereocenters. The van der Waals surface area contributed by atoms with Gasteiger partial charge < -0.3 is 9.64 Å². The number of hydrogen-bond acceptors (Lipinski definition) is 4. The molecule has 0 radical (unpaired) electrons. The lowest BCUT2D eigenvalue weighted by Crippen LogP contribution is -2.26. The van der Waals surface area contributed by atoms with Gasteiger partial charge in [-0.1, -0.05) is 6.07 Å². The highest BCUT2D eigenvalue weighted by atomic mass is 19.4. The van der Waals surface area contributed by atoms with E-state index in [1.165, 1.54) is 25.1 Å². The summed E-state index contributed by atoms with van der Waals surface area (Å²) in [4.78, 5) is 17.2. The molecule has 1 saturated heterocycles. The average molecular weight is 368 g/mol. The maximum absolute atomic E-state index is 14.0. The van der Waals surface area contributed by atoms with Crippen molar-refractivity contribution in [1.29, 1.82) is 0 Å². The lowest BCUT2D eigenvalue weighted by atomic mass is 10.1. The van der Waals surface area contributed by atoms with E-state index < -0.39 is 17.6 Å². The number of benzene rings is 1. The Morgan fingerprint density at radius 2 is 2.04 bits per heavy atom. The minimum atomic E-state index is -4.45. The van der Waals surface area contributed by atoms with Crippen molar-refractivity contribution in [2.45, 2.75) is 25.6 Å². The zero-order valence-corrected chi connectivity index (χ0v) is 13.9. The van der Waals surface area contributed by atoms with Gasteiger partial charge in [0.1, 0.15) is 11.9 Å². The summed E-state index contributed by atoms with van der Waals surface area (Å²) < 4.78 is 57.2. The molecule has 2 heterocycles. The number of rotatable bonds is 4. The van der Waals surface area contributed by atoms with Crippen LogP contribution in [-0.2, 0) is 6.18 Å². The van der Waals surface area contributed by atoms with Gasteiger partial charge in [-0.15, -0.1) is 0 Å². The predicted molar refractivity (Wildman–Crippen MR) is 86.9 cm³/mol. The second kappa shape index (κ2) is 6.93. The fourth-order valence-corrected chi connectivity index (χ4v) is 2.96. The summed E-state index contributed by atoms with van der Waals surface area (Å²) in [5, 5.41) is 0. The Labute approximate surface area is 147 Å². The summed E-state index contributed by atoms with van der Waals surface area (Å²) in [5.41, 5.74) is -0.325. The van der Waals surface area contributed by atoms with Crippen molar-refractivity contribution in [2.75, 3.05) is 18.0 Å². The smallest absolute Gasteiger partial charge is 0.417 e. The van der Waals surface area contributed by atoms with Gasteiger partial charge in [-0.25, -0.2) is 9.37 Å². The van der Waals surface area contributed by atoms with Crippen LogP contribution >= 0.6 is 0 Å². The van der Waals surface area contributed by atoms with Gasteiger partial charge in [-0.3, -0.25) is 4.79 Å². The first kappa shape index (κ1) is 18.2. The number of aromatic nitrogens is 1. The van der Waals surface area contributed by atoms with Crippen molar-refractivity contribution in [3.8, 4) is 5.88 Å². The standard InChI is InChI=1S/C18H16F4N2O2/c1-11(25)17-14(19)3-2-4-15(17)24-8-7-13(10-24)26-16-6-5-12(9-23-16)18(20,21)22/h2-6,9,13H,7-8,10H2,1H3. The molecule has 8 heteroatoms. The maximum Gasteiger partial charge on any atom is 0.417 e. The van der Waals surface area contributed by atoms with E-state index in [0.29, 0.717) is 25.2 Å². The van der Waals surface area contributed by atoms with Crippen LogP contribution in [0.4, 0.5) is 23.2 Å². The summed E-state index contributed by atoms with van der Waals surface area (Å²) in [6.45, 7) is 2.22. The average Bonchev–Trinajstić information content (AvgIpc) is 3.02. The van der Waals surface area contributed by atoms with Crippen LogP contribution in [0.5, 0.6) is 5.88 Å². The highest BCUT2D eigenvalue weighted by Gasteiger charge is 2.31. The van der Waals surface area contributed by atoms with Crippen molar-refractivity contribution in [3.05, 3.63) is 53.5 Å². The quantitative estimate of drug-likeness (QED) is 0.602. The van der Waals surface area contributed by atoms with E-state index in [2.05, 4.69) is 4.98 Å². The van der Waals surface area contributed by atoms with Crippen LogP contribution < -0.4 is 9.64 Å². The Morgan fingerprint density at radius 1 is 1.27 bits per heavy atom. The molecule has 1 atom stereocenters. The predicted octanol–water partition coefficient (Wildman–Crippen LogP) is 4.10. The Balaban J connectivity index is 1.70. The molecule has 3 rings (SSSR count). The van der Waals surface area contributed by atoms with Gasteiger partial charge in [0.05, 0.1) is 23.4 Å². The maximum atomic E-state index is 14.0. The van der Waals surface area contributed by atoms with E-state index >= 15 is 0 Å². The fourth-order valence-electron chi connectivity index (χ4n) is 2.96. The first-order valence-electron chi connectivity index (χ1n) is 8.00. The number of carbonyl (C=O) groups is 1. The molecule has 1 aliphatic rings. The van der Waals surface area contributed by atoms with Crippen LogP contribution in [0.2, 0.25) is 0 Å². The number of ether oxygens (including phenoxy) is 1. The SMILES string of the molecule is CC(=O)c1c(F)cccc1N1CCC(Oc2ccc(C(F)(F)F)cn2)C1. The zero-order valence-electron chi connectivity index (χ0n) is 13.9. The highest BCUT2D eigenvalue weighted by Crippen LogP contribution is 2.31. The minimum Gasteiger partial charge on any atom is -0.472 e. The molecule has 1 aromatic heterocycles. The normalized spacial score (nSPS) is 17.4. The Hall–Kier alpha value is -2.64. The van der Waals surface area contributed by atoms with Crippen molar-refractivity contribution < 1.29 is 27.1 Å². The van der Waals surface area contributed by atoms with E-state index in [4.69, 9.17) is 4.74 Å². The molecule has 0 saturated carbocycles. The summed E-state index contributed by atoms with van der Waals surface area (Å²) in [7, 11) is 0. The number of anilines is 1. The molecule has 138 valence electrons. The van der Waals surface area contributed by atoms with Crippen molar-refractivity contribution in [2.24, 2.45) is 0 Å². The van der Waals surface area contributed by atoms with Crippen LogP contribution in [-0.4, -0.2) is 30.0 Å². The lowest BCUT2D eigenvalue weighted by Gasteiger charge is -2.21. The Morgan fingerprint density at radius 3 is 2.65 bits per heavy atom. The van der Waals surface area contributed by atoms with Gasteiger partial charge >= 0.3 is 6.18 Å². The van der Waals surface area contributed by atoms with Gasteiger partial charge in [-0.05, 0) is 25.1 Å². The number of alkyl halides is 3. The molecule has 2 aromatic rings. The number of nitrogens with zero attached hydrogens (tertiary/aromatic N) is 2. The van der Waals surface area contributed by atoms with Crippen molar-refractivity contribution >= 4 is 11.5 Å². The van der Waals surface area contributed by atoms with Crippen LogP contribution in [0.25, 0.3) is 0 Å². The third kappa shape index (κ3) is 3.79. The van der Waals surface area contributed by atoms with Gasteiger partial charge in [0, 0.05) is 25.2 Å². The molecule has 1 aliphatic heterocycles. The topological polar surface area (TPSA) is 42.4 Å². The number of ketones is 1.